The summed E-state index contributed by atoms with van der Waals surface area (Å²) in [5.41, 5.74) is 2.58. The van der Waals surface area contributed by atoms with Gasteiger partial charge in [-0.25, -0.2) is 4.98 Å². The minimum absolute atomic E-state index is 0. The second-order valence-electron chi connectivity index (χ2n) is 8.04. The van der Waals surface area contributed by atoms with Crippen molar-refractivity contribution in [2.24, 2.45) is 0 Å². The fourth-order valence-corrected chi connectivity index (χ4v) is 3.38. The number of aromatic nitrogens is 2. The SMILES string of the molecule is CC1(C)OB(c2ccc(-c3cnc(C4CCCN4)[nH]3)cc2)OC1(C)C.Cl. The molecule has 0 bridgehead atoms. The maximum absolute atomic E-state index is 6.12. The average Bonchev–Trinajstić information content (AvgIpc) is 3.28. The summed E-state index contributed by atoms with van der Waals surface area (Å²) in [6, 6.07) is 8.70. The molecule has 140 valence electrons. The third-order valence-corrected chi connectivity index (χ3v) is 5.73. The van der Waals surface area contributed by atoms with Crippen molar-refractivity contribution in [3.05, 3.63) is 36.3 Å². The Kier molecular flexibility index (Phi) is 5.23. The van der Waals surface area contributed by atoms with E-state index in [-0.39, 0.29) is 30.7 Å². The van der Waals surface area contributed by atoms with E-state index in [9.17, 15) is 0 Å². The zero-order chi connectivity index (χ0) is 17.7. The summed E-state index contributed by atoms with van der Waals surface area (Å²) in [4.78, 5) is 8.00. The summed E-state index contributed by atoms with van der Waals surface area (Å²) >= 11 is 0. The van der Waals surface area contributed by atoms with Crippen LogP contribution in [0.4, 0.5) is 0 Å². The molecular weight excluding hydrogens is 348 g/mol. The monoisotopic (exact) mass is 375 g/mol. The standard InChI is InChI=1S/C19H26BN3O2.ClH/c1-18(2)19(3,4)25-20(24-18)14-9-7-13(8-10-14)16-12-22-17(23-16)15-6-5-11-21-15;/h7-10,12,15,21H,5-6,11H2,1-4H3,(H,22,23);1H. The van der Waals surface area contributed by atoms with Gasteiger partial charge in [0.25, 0.3) is 0 Å². The number of hydrogen-bond donors (Lipinski definition) is 2. The van der Waals surface area contributed by atoms with Crippen molar-refractivity contribution in [2.75, 3.05) is 6.54 Å². The van der Waals surface area contributed by atoms with E-state index in [0.717, 1.165) is 35.5 Å². The van der Waals surface area contributed by atoms with Gasteiger partial charge < -0.3 is 19.6 Å². The van der Waals surface area contributed by atoms with Crippen molar-refractivity contribution < 1.29 is 9.31 Å². The molecule has 2 aliphatic heterocycles. The lowest BCUT2D eigenvalue weighted by molar-refractivity contribution is 0.00578. The van der Waals surface area contributed by atoms with Crippen molar-refractivity contribution in [1.82, 2.24) is 15.3 Å². The summed E-state index contributed by atoms with van der Waals surface area (Å²) in [6.45, 7) is 9.37. The van der Waals surface area contributed by atoms with Gasteiger partial charge in [0.15, 0.2) is 0 Å². The Morgan fingerprint density at radius 2 is 1.73 bits per heavy atom. The number of rotatable bonds is 3. The van der Waals surface area contributed by atoms with Gasteiger partial charge in [-0.2, -0.15) is 0 Å². The van der Waals surface area contributed by atoms with Crippen LogP contribution in [0.1, 0.15) is 52.4 Å². The highest BCUT2D eigenvalue weighted by molar-refractivity contribution is 6.62. The van der Waals surface area contributed by atoms with Gasteiger partial charge in [-0.1, -0.05) is 24.3 Å². The molecule has 26 heavy (non-hydrogen) atoms. The highest BCUT2D eigenvalue weighted by Gasteiger charge is 2.51. The van der Waals surface area contributed by atoms with Crippen molar-refractivity contribution in [2.45, 2.75) is 57.8 Å². The van der Waals surface area contributed by atoms with Crippen LogP contribution in [0.3, 0.4) is 0 Å². The Bertz CT molecular complexity index is 738. The van der Waals surface area contributed by atoms with E-state index in [1.54, 1.807) is 0 Å². The lowest BCUT2D eigenvalue weighted by atomic mass is 9.79. The molecule has 2 saturated heterocycles. The molecule has 4 rings (SSSR count). The third-order valence-electron chi connectivity index (χ3n) is 5.73. The van der Waals surface area contributed by atoms with E-state index in [0.29, 0.717) is 6.04 Å². The van der Waals surface area contributed by atoms with Crippen LogP contribution < -0.4 is 10.8 Å². The molecule has 2 aliphatic rings. The van der Waals surface area contributed by atoms with Crippen LogP contribution in [-0.4, -0.2) is 34.8 Å². The Morgan fingerprint density at radius 3 is 2.31 bits per heavy atom. The summed E-state index contributed by atoms with van der Waals surface area (Å²) < 4.78 is 12.2. The molecule has 1 unspecified atom stereocenters. The molecule has 1 aromatic carbocycles. The maximum atomic E-state index is 6.12. The van der Waals surface area contributed by atoms with Crippen molar-refractivity contribution in [3.63, 3.8) is 0 Å². The van der Waals surface area contributed by atoms with Gasteiger partial charge in [0.2, 0.25) is 0 Å². The van der Waals surface area contributed by atoms with Crippen LogP contribution in [0, 0.1) is 0 Å². The highest BCUT2D eigenvalue weighted by Crippen LogP contribution is 2.36. The number of halogens is 1. The van der Waals surface area contributed by atoms with Crippen LogP contribution in [0.2, 0.25) is 0 Å². The molecule has 0 radical (unpaired) electrons. The van der Waals surface area contributed by atoms with E-state index in [1.165, 1.54) is 6.42 Å². The second-order valence-corrected chi connectivity index (χ2v) is 8.04. The summed E-state index contributed by atoms with van der Waals surface area (Å²) in [6.07, 6.45) is 4.27. The number of nitrogens with zero attached hydrogens (tertiary/aromatic N) is 1. The van der Waals surface area contributed by atoms with Gasteiger partial charge in [0.1, 0.15) is 5.82 Å². The van der Waals surface area contributed by atoms with E-state index < -0.39 is 0 Å². The minimum atomic E-state index is -0.320. The topological polar surface area (TPSA) is 59.2 Å². The number of benzene rings is 1. The van der Waals surface area contributed by atoms with Gasteiger partial charge in [-0.15, -0.1) is 12.4 Å². The highest BCUT2D eigenvalue weighted by atomic mass is 35.5. The fourth-order valence-electron chi connectivity index (χ4n) is 3.38. The summed E-state index contributed by atoms with van der Waals surface area (Å²) in [5.74, 6) is 1.03. The molecule has 3 heterocycles. The number of nitrogens with one attached hydrogen (secondary N) is 2. The van der Waals surface area contributed by atoms with Gasteiger partial charge in [-0.3, -0.25) is 0 Å². The lowest BCUT2D eigenvalue weighted by Crippen LogP contribution is -2.41. The summed E-state index contributed by atoms with van der Waals surface area (Å²) in [5, 5.41) is 3.47. The molecule has 1 atom stereocenters. The second kappa shape index (κ2) is 7.00. The predicted octanol–water partition coefficient (Wildman–Crippen LogP) is 3.22. The normalized spacial score (nSPS) is 23.8. The third kappa shape index (κ3) is 3.43. The first-order valence-electron chi connectivity index (χ1n) is 9.10. The van der Waals surface area contributed by atoms with Crippen LogP contribution in [0.5, 0.6) is 0 Å². The smallest absolute Gasteiger partial charge is 0.399 e. The first kappa shape index (κ1) is 19.4. The van der Waals surface area contributed by atoms with Gasteiger partial charge >= 0.3 is 7.12 Å². The fraction of sp³-hybridized carbons (Fsp3) is 0.526. The van der Waals surface area contributed by atoms with Crippen LogP contribution in [0.25, 0.3) is 11.3 Å². The quantitative estimate of drug-likeness (QED) is 0.809. The zero-order valence-corrected chi connectivity index (χ0v) is 16.7. The van der Waals surface area contributed by atoms with E-state index in [4.69, 9.17) is 9.31 Å². The maximum Gasteiger partial charge on any atom is 0.494 e. The number of imidazole rings is 1. The molecule has 2 N–H and O–H groups in total. The van der Waals surface area contributed by atoms with E-state index in [2.05, 4.69) is 67.2 Å². The first-order chi connectivity index (χ1) is 11.9. The van der Waals surface area contributed by atoms with Gasteiger partial charge in [-0.05, 0) is 58.1 Å². The van der Waals surface area contributed by atoms with Crippen LogP contribution in [0.15, 0.2) is 30.5 Å². The molecule has 7 heteroatoms. The van der Waals surface area contributed by atoms with Crippen LogP contribution >= 0.6 is 12.4 Å². The predicted molar refractivity (Wildman–Crippen MR) is 107 cm³/mol. The molecule has 2 aromatic rings. The molecular formula is C19H27BClN3O2. The van der Waals surface area contributed by atoms with E-state index in [1.807, 2.05) is 6.20 Å². The molecule has 0 spiro atoms. The first-order valence-corrected chi connectivity index (χ1v) is 9.10. The summed E-state index contributed by atoms with van der Waals surface area (Å²) in [7, 11) is -0.320. The van der Waals surface area contributed by atoms with Crippen molar-refractivity contribution >= 4 is 25.0 Å². The van der Waals surface area contributed by atoms with Crippen molar-refractivity contribution in [3.8, 4) is 11.3 Å². The number of aromatic amines is 1. The van der Waals surface area contributed by atoms with E-state index >= 15 is 0 Å². The molecule has 5 nitrogen and oxygen atoms in total. The minimum Gasteiger partial charge on any atom is -0.399 e. The Hall–Kier alpha value is -1.34. The Labute approximate surface area is 161 Å². The zero-order valence-electron chi connectivity index (χ0n) is 15.8. The largest absolute Gasteiger partial charge is 0.494 e. The lowest BCUT2D eigenvalue weighted by Gasteiger charge is -2.32. The molecule has 0 aliphatic carbocycles. The van der Waals surface area contributed by atoms with Crippen molar-refractivity contribution in [1.29, 1.82) is 0 Å². The molecule has 0 amide bonds. The molecule has 2 fully saturated rings. The number of hydrogen-bond acceptors (Lipinski definition) is 4. The average molecular weight is 376 g/mol. The van der Waals surface area contributed by atoms with Gasteiger partial charge in [0.05, 0.1) is 29.1 Å². The van der Waals surface area contributed by atoms with Gasteiger partial charge in [0, 0.05) is 0 Å². The molecule has 0 saturated carbocycles. The number of H-pyrrole nitrogens is 1. The molecule has 1 aromatic heterocycles. The van der Waals surface area contributed by atoms with Crippen LogP contribution in [-0.2, 0) is 9.31 Å². The Balaban J connectivity index is 0.00000196. The Morgan fingerprint density at radius 1 is 1.08 bits per heavy atom.